The van der Waals surface area contributed by atoms with Crippen LogP contribution in [0.3, 0.4) is 0 Å². The number of para-hydroxylation sites is 2. The number of nitrogens with two attached hydrogens (primary N) is 1. The highest BCUT2D eigenvalue weighted by Crippen LogP contribution is 2.34. The second-order valence-electron chi connectivity index (χ2n) is 5.14. The largest absolute Gasteiger partial charge is 0.482 e. The van der Waals surface area contributed by atoms with Crippen molar-refractivity contribution in [3.8, 4) is 11.5 Å². The van der Waals surface area contributed by atoms with Gasteiger partial charge in [-0.2, -0.15) is 0 Å². The first kappa shape index (κ1) is 14.9. The lowest BCUT2D eigenvalue weighted by atomic mass is 10.1. The van der Waals surface area contributed by atoms with Crippen molar-refractivity contribution >= 4 is 18.3 Å². The first-order valence-electron chi connectivity index (χ1n) is 6.62. The highest BCUT2D eigenvalue weighted by Gasteiger charge is 2.38. The van der Waals surface area contributed by atoms with Gasteiger partial charge in [0.2, 0.25) is 6.10 Å². The van der Waals surface area contributed by atoms with Gasteiger partial charge in [-0.3, -0.25) is 4.79 Å². The molecule has 2 aliphatic rings. The van der Waals surface area contributed by atoms with Crippen molar-refractivity contribution in [2.75, 3.05) is 13.1 Å². The van der Waals surface area contributed by atoms with Crippen LogP contribution in [0, 0.1) is 0 Å². The average Bonchev–Trinajstić information content (AvgIpc) is 2.84. The summed E-state index contributed by atoms with van der Waals surface area (Å²) in [6, 6.07) is 7.49. The molecule has 2 heterocycles. The van der Waals surface area contributed by atoms with E-state index in [0.29, 0.717) is 24.6 Å². The van der Waals surface area contributed by atoms with E-state index in [1.54, 1.807) is 4.90 Å². The van der Waals surface area contributed by atoms with Crippen molar-refractivity contribution in [3.63, 3.8) is 0 Å². The third-order valence-electron chi connectivity index (χ3n) is 3.62. The Balaban J connectivity index is 0.00000147. The van der Waals surface area contributed by atoms with Gasteiger partial charge in [0.15, 0.2) is 11.5 Å². The molecule has 2 unspecified atom stereocenters. The minimum atomic E-state index is -0.583. The fourth-order valence-electron chi connectivity index (χ4n) is 2.56. The lowest BCUT2D eigenvalue weighted by Gasteiger charge is -2.33. The van der Waals surface area contributed by atoms with E-state index in [9.17, 15) is 4.79 Å². The summed E-state index contributed by atoms with van der Waals surface area (Å²) in [5, 5.41) is 0. The van der Waals surface area contributed by atoms with Gasteiger partial charge in [0.1, 0.15) is 6.10 Å². The summed E-state index contributed by atoms with van der Waals surface area (Å²) in [6.07, 6.45) is -0.0241. The van der Waals surface area contributed by atoms with Gasteiger partial charge in [-0.25, -0.2) is 0 Å². The SMILES string of the molecule is CC1Oc2ccccc2OC1C(=O)N1CC[C@@H](N)C1.Cl. The first-order valence-corrected chi connectivity index (χ1v) is 6.62. The van der Waals surface area contributed by atoms with Crippen LogP contribution in [0.1, 0.15) is 13.3 Å². The number of amides is 1. The van der Waals surface area contributed by atoms with E-state index < -0.39 is 6.10 Å². The van der Waals surface area contributed by atoms with Crippen molar-refractivity contribution in [2.24, 2.45) is 5.73 Å². The van der Waals surface area contributed by atoms with Crippen molar-refractivity contribution in [1.82, 2.24) is 4.90 Å². The summed E-state index contributed by atoms with van der Waals surface area (Å²) >= 11 is 0. The van der Waals surface area contributed by atoms with E-state index >= 15 is 0 Å². The Hall–Kier alpha value is -1.46. The molecule has 0 aromatic heterocycles. The van der Waals surface area contributed by atoms with Crippen molar-refractivity contribution < 1.29 is 14.3 Å². The van der Waals surface area contributed by atoms with Crippen molar-refractivity contribution in [1.29, 1.82) is 0 Å². The maximum atomic E-state index is 12.4. The van der Waals surface area contributed by atoms with Gasteiger partial charge in [0.05, 0.1) is 0 Å². The molecule has 1 amide bonds. The van der Waals surface area contributed by atoms with E-state index in [1.807, 2.05) is 31.2 Å². The number of carbonyl (C=O) groups excluding carboxylic acids is 1. The molecule has 0 bridgehead atoms. The van der Waals surface area contributed by atoms with Crippen LogP contribution in [0.5, 0.6) is 11.5 Å². The van der Waals surface area contributed by atoms with Gasteiger partial charge in [0.25, 0.3) is 5.91 Å². The molecular formula is C14H19ClN2O3. The van der Waals surface area contributed by atoms with Crippen LogP contribution in [0.4, 0.5) is 0 Å². The van der Waals surface area contributed by atoms with Crippen LogP contribution in [-0.2, 0) is 4.79 Å². The van der Waals surface area contributed by atoms with Gasteiger partial charge in [0, 0.05) is 19.1 Å². The van der Waals surface area contributed by atoms with Crippen LogP contribution in [0.25, 0.3) is 0 Å². The molecule has 1 aromatic rings. The Morgan fingerprint density at radius 3 is 2.55 bits per heavy atom. The molecule has 3 atom stereocenters. The minimum absolute atomic E-state index is 0. The van der Waals surface area contributed by atoms with E-state index in [0.717, 1.165) is 6.42 Å². The standard InChI is InChI=1S/C14H18N2O3.ClH/c1-9-13(14(17)16-7-6-10(15)8-16)19-12-5-3-2-4-11(12)18-9;/h2-5,9-10,13H,6-8,15H2,1H3;1H/t9?,10-,13?;/m1./s1. The molecule has 2 aliphatic heterocycles. The maximum absolute atomic E-state index is 12.4. The zero-order chi connectivity index (χ0) is 13.4. The van der Waals surface area contributed by atoms with Gasteiger partial charge in [-0.05, 0) is 25.5 Å². The lowest BCUT2D eigenvalue weighted by Crippen LogP contribution is -2.50. The summed E-state index contributed by atoms with van der Waals surface area (Å²) in [6.45, 7) is 3.16. The highest BCUT2D eigenvalue weighted by atomic mass is 35.5. The number of benzene rings is 1. The number of nitrogens with zero attached hydrogens (tertiary/aromatic N) is 1. The zero-order valence-corrected chi connectivity index (χ0v) is 12.1. The van der Waals surface area contributed by atoms with Crippen molar-refractivity contribution in [3.05, 3.63) is 24.3 Å². The molecule has 6 heteroatoms. The normalized spacial score (nSPS) is 27.9. The third kappa shape index (κ3) is 2.69. The molecule has 1 fully saturated rings. The van der Waals surface area contributed by atoms with Crippen LogP contribution in [0.2, 0.25) is 0 Å². The van der Waals surface area contributed by atoms with Gasteiger partial charge in [-0.15, -0.1) is 12.4 Å². The van der Waals surface area contributed by atoms with Crippen molar-refractivity contribution in [2.45, 2.75) is 31.6 Å². The van der Waals surface area contributed by atoms with Crippen LogP contribution in [-0.4, -0.2) is 42.1 Å². The fraction of sp³-hybridized carbons (Fsp3) is 0.500. The second-order valence-corrected chi connectivity index (χ2v) is 5.14. The number of carbonyl (C=O) groups is 1. The molecule has 1 aromatic carbocycles. The number of halogens is 1. The van der Waals surface area contributed by atoms with Crippen LogP contribution >= 0.6 is 12.4 Å². The Morgan fingerprint density at radius 2 is 1.95 bits per heavy atom. The molecule has 0 aliphatic carbocycles. The van der Waals surface area contributed by atoms with E-state index in [4.69, 9.17) is 15.2 Å². The van der Waals surface area contributed by atoms with E-state index in [1.165, 1.54) is 0 Å². The maximum Gasteiger partial charge on any atom is 0.267 e. The third-order valence-corrected chi connectivity index (χ3v) is 3.62. The number of ether oxygens (including phenoxy) is 2. The highest BCUT2D eigenvalue weighted by molar-refractivity contribution is 5.85. The smallest absolute Gasteiger partial charge is 0.267 e. The van der Waals surface area contributed by atoms with Gasteiger partial charge in [-0.1, -0.05) is 12.1 Å². The van der Waals surface area contributed by atoms with E-state index in [-0.39, 0.29) is 30.5 Å². The topological polar surface area (TPSA) is 64.8 Å². The number of rotatable bonds is 1. The number of hydrogen-bond acceptors (Lipinski definition) is 4. The summed E-state index contributed by atoms with van der Waals surface area (Å²) in [5.74, 6) is 1.29. The molecule has 2 N–H and O–H groups in total. The monoisotopic (exact) mass is 298 g/mol. The van der Waals surface area contributed by atoms with Crippen LogP contribution in [0.15, 0.2) is 24.3 Å². The molecule has 110 valence electrons. The second kappa shape index (κ2) is 5.89. The molecule has 3 rings (SSSR count). The Labute approximate surface area is 124 Å². The first-order chi connectivity index (χ1) is 9.15. The molecule has 0 saturated carbocycles. The number of fused-ring (bicyclic) bond motifs is 1. The Morgan fingerprint density at radius 1 is 1.30 bits per heavy atom. The number of hydrogen-bond donors (Lipinski definition) is 1. The average molecular weight is 299 g/mol. The quantitative estimate of drug-likeness (QED) is 0.846. The van der Waals surface area contributed by atoms with Gasteiger partial charge < -0.3 is 20.1 Å². The summed E-state index contributed by atoms with van der Waals surface area (Å²) in [4.78, 5) is 14.2. The summed E-state index contributed by atoms with van der Waals surface area (Å²) in [5.41, 5.74) is 5.84. The lowest BCUT2D eigenvalue weighted by molar-refractivity contribution is -0.143. The predicted molar refractivity (Wildman–Crippen MR) is 77.4 cm³/mol. The molecule has 1 saturated heterocycles. The minimum Gasteiger partial charge on any atom is -0.482 e. The Bertz CT molecular complexity index is 497. The molecule has 20 heavy (non-hydrogen) atoms. The molecule has 0 spiro atoms. The summed E-state index contributed by atoms with van der Waals surface area (Å²) < 4.78 is 11.5. The fourth-order valence-corrected chi connectivity index (χ4v) is 2.56. The summed E-state index contributed by atoms with van der Waals surface area (Å²) in [7, 11) is 0. The number of likely N-dealkylation sites (tertiary alicyclic amines) is 1. The van der Waals surface area contributed by atoms with Crippen LogP contribution < -0.4 is 15.2 Å². The van der Waals surface area contributed by atoms with E-state index in [2.05, 4.69) is 0 Å². The molecular weight excluding hydrogens is 280 g/mol. The Kier molecular flexibility index (Phi) is 4.40. The van der Waals surface area contributed by atoms with Gasteiger partial charge >= 0.3 is 0 Å². The predicted octanol–water partition coefficient (Wildman–Crippen LogP) is 1.20. The molecule has 5 nitrogen and oxygen atoms in total. The molecule has 0 radical (unpaired) electrons. The zero-order valence-electron chi connectivity index (χ0n) is 11.3.